The molecule has 0 N–H and O–H groups in total. The fourth-order valence-electron chi connectivity index (χ4n) is 2.26. The lowest BCUT2D eigenvalue weighted by Crippen LogP contribution is -2.36. The van der Waals surface area contributed by atoms with Crippen molar-refractivity contribution in [3.05, 3.63) is 47.0 Å². The molecule has 0 aliphatic carbocycles. The highest BCUT2D eigenvalue weighted by Gasteiger charge is 2.13. The zero-order chi connectivity index (χ0) is 13.4. The molecule has 2 heterocycles. The minimum absolute atomic E-state index is 1.29. The van der Waals surface area contributed by atoms with Gasteiger partial charge in [0.2, 0.25) is 0 Å². The first kappa shape index (κ1) is 12.7. The highest BCUT2D eigenvalue weighted by Crippen LogP contribution is 2.20. The van der Waals surface area contributed by atoms with Crippen LogP contribution in [-0.2, 0) is 14.1 Å². The van der Waals surface area contributed by atoms with Gasteiger partial charge >= 0.3 is 0 Å². The van der Waals surface area contributed by atoms with Gasteiger partial charge in [-0.25, -0.2) is 9.13 Å². The van der Waals surface area contributed by atoms with Gasteiger partial charge in [-0.1, -0.05) is 0 Å². The molecule has 0 bridgehead atoms. The molecule has 2 nitrogen and oxygen atoms in total. The number of nitrogens with zero attached hydrogens (tertiary/aromatic N) is 2. The van der Waals surface area contributed by atoms with Crippen molar-refractivity contribution in [2.75, 3.05) is 0 Å². The van der Waals surface area contributed by atoms with Gasteiger partial charge in [-0.05, 0) is 11.1 Å². The molecule has 0 aliphatic heterocycles. The molecule has 0 saturated carbocycles. The first-order valence-corrected chi connectivity index (χ1v) is 6.35. The van der Waals surface area contributed by atoms with Gasteiger partial charge in [0.1, 0.15) is 14.1 Å². The Hall–Kier alpha value is -1.70. The van der Waals surface area contributed by atoms with E-state index in [2.05, 4.69) is 75.2 Å². The van der Waals surface area contributed by atoms with Gasteiger partial charge in [0, 0.05) is 52.0 Å². The molecule has 0 unspecified atom stereocenters. The zero-order valence-corrected chi connectivity index (χ0v) is 12.2. The molecule has 94 valence electrons. The molecule has 0 aromatic carbocycles. The molecule has 0 radical (unpaired) electrons. The van der Waals surface area contributed by atoms with Crippen LogP contribution in [0.15, 0.2) is 24.3 Å². The molecule has 18 heavy (non-hydrogen) atoms. The number of rotatable bonds is 1. The van der Waals surface area contributed by atoms with E-state index in [1.165, 1.54) is 33.9 Å². The van der Waals surface area contributed by atoms with Gasteiger partial charge in [0.25, 0.3) is 0 Å². The Morgan fingerprint density at radius 3 is 1.00 bits per heavy atom. The smallest absolute Gasteiger partial charge is 0.178 e. The number of hydrogen-bond donors (Lipinski definition) is 0. The summed E-state index contributed by atoms with van der Waals surface area (Å²) in [6.45, 7) is 8.61. The van der Waals surface area contributed by atoms with Crippen molar-refractivity contribution in [2.24, 2.45) is 14.1 Å². The molecule has 0 spiro atoms. The Labute approximate surface area is 110 Å². The van der Waals surface area contributed by atoms with Crippen molar-refractivity contribution in [1.29, 1.82) is 0 Å². The third kappa shape index (κ3) is 2.15. The third-order valence-electron chi connectivity index (χ3n) is 3.91. The van der Waals surface area contributed by atoms with Crippen LogP contribution >= 0.6 is 0 Å². The maximum absolute atomic E-state index is 2.25. The summed E-state index contributed by atoms with van der Waals surface area (Å²) in [5.41, 5.74) is 7.74. The molecule has 0 saturated heterocycles. The van der Waals surface area contributed by atoms with Gasteiger partial charge in [0.15, 0.2) is 22.8 Å². The average Bonchev–Trinajstić information content (AvgIpc) is 2.31. The Bertz CT molecular complexity index is 511. The molecule has 2 aromatic rings. The number of pyridine rings is 2. The molecule has 2 heteroatoms. The summed E-state index contributed by atoms with van der Waals surface area (Å²) in [6, 6.07) is 9.00. The summed E-state index contributed by atoms with van der Waals surface area (Å²) in [4.78, 5) is 0. The lowest BCUT2D eigenvalue weighted by Gasteiger charge is -2.06. The standard InChI is InChI=1S/C16H22N2/c1-11-7-15(8-12(2)17(11)5)16-9-13(3)18(6)14(4)10-16/h7-10H,1-6H3/q+2. The summed E-state index contributed by atoms with van der Waals surface area (Å²) in [5, 5.41) is 0. The molecule has 0 amide bonds. The van der Waals surface area contributed by atoms with Crippen molar-refractivity contribution in [3.63, 3.8) is 0 Å². The van der Waals surface area contributed by atoms with Crippen molar-refractivity contribution in [2.45, 2.75) is 27.7 Å². The largest absolute Gasteiger partial charge is 0.203 e. The van der Waals surface area contributed by atoms with E-state index in [9.17, 15) is 0 Å². The molecule has 2 rings (SSSR count). The topological polar surface area (TPSA) is 7.76 Å². The first-order chi connectivity index (χ1) is 8.40. The van der Waals surface area contributed by atoms with Gasteiger partial charge in [-0.2, -0.15) is 0 Å². The monoisotopic (exact) mass is 242 g/mol. The fourth-order valence-corrected chi connectivity index (χ4v) is 2.26. The maximum atomic E-state index is 2.25. The van der Waals surface area contributed by atoms with E-state index in [0.29, 0.717) is 0 Å². The van der Waals surface area contributed by atoms with Crippen LogP contribution in [0.3, 0.4) is 0 Å². The van der Waals surface area contributed by atoms with E-state index in [1.807, 2.05) is 0 Å². The Kier molecular flexibility index (Phi) is 3.20. The van der Waals surface area contributed by atoms with Crippen LogP contribution in [0, 0.1) is 27.7 Å². The van der Waals surface area contributed by atoms with E-state index in [-0.39, 0.29) is 0 Å². The lowest BCUT2D eigenvalue weighted by molar-refractivity contribution is -0.684. The van der Waals surface area contributed by atoms with Gasteiger partial charge in [-0.3, -0.25) is 0 Å². The van der Waals surface area contributed by atoms with E-state index in [4.69, 9.17) is 0 Å². The van der Waals surface area contributed by atoms with E-state index < -0.39 is 0 Å². The van der Waals surface area contributed by atoms with Crippen LogP contribution in [0.2, 0.25) is 0 Å². The van der Waals surface area contributed by atoms with Gasteiger partial charge in [0.05, 0.1) is 0 Å². The fraction of sp³-hybridized carbons (Fsp3) is 0.375. The maximum Gasteiger partial charge on any atom is 0.178 e. The highest BCUT2D eigenvalue weighted by atomic mass is 14.9. The molecule has 0 aliphatic rings. The van der Waals surface area contributed by atoms with Gasteiger partial charge < -0.3 is 0 Å². The molecule has 0 atom stereocenters. The molecule has 0 fully saturated rings. The van der Waals surface area contributed by atoms with E-state index in [1.54, 1.807) is 0 Å². The molecular formula is C16H22N2+2. The Morgan fingerprint density at radius 1 is 0.556 bits per heavy atom. The highest BCUT2D eigenvalue weighted by molar-refractivity contribution is 5.63. The second-order valence-corrected chi connectivity index (χ2v) is 5.17. The third-order valence-corrected chi connectivity index (χ3v) is 3.91. The minimum atomic E-state index is 1.29. The second-order valence-electron chi connectivity index (χ2n) is 5.17. The van der Waals surface area contributed by atoms with Crippen LogP contribution in [-0.4, -0.2) is 0 Å². The Morgan fingerprint density at radius 2 is 0.778 bits per heavy atom. The van der Waals surface area contributed by atoms with Gasteiger partial charge in [-0.15, -0.1) is 0 Å². The minimum Gasteiger partial charge on any atom is -0.203 e. The second kappa shape index (κ2) is 4.52. The summed E-state index contributed by atoms with van der Waals surface area (Å²) in [5.74, 6) is 0. The molecular weight excluding hydrogens is 220 g/mol. The van der Waals surface area contributed by atoms with Crippen LogP contribution < -0.4 is 9.13 Å². The lowest BCUT2D eigenvalue weighted by atomic mass is 10.0. The quantitative estimate of drug-likeness (QED) is 0.678. The summed E-state index contributed by atoms with van der Waals surface area (Å²) >= 11 is 0. The first-order valence-electron chi connectivity index (χ1n) is 6.35. The van der Waals surface area contributed by atoms with Crippen molar-refractivity contribution in [3.8, 4) is 11.1 Å². The van der Waals surface area contributed by atoms with Crippen molar-refractivity contribution < 1.29 is 9.13 Å². The van der Waals surface area contributed by atoms with Crippen molar-refractivity contribution in [1.82, 2.24) is 0 Å². The zero-order valence-electron chi connectivity index (χ0n) is 12.2. The predicted molar refractivity (Wildman–Crippen MR) is 73.2 cm³/mol. The summed E-state index contributed by atoms with van der Waals surface area (Å²) in [6.07, 6.45) is 0. The molecule has 2 aromatic heterocycles. The van der Waals surface area contributed by atoms with E-state index in [0.717, 1.165) is 0 Å². The van der Waals surface area contributed by atoms with Crippen LogP contribution in [0.1, 0.15) is 22.8 Å². The number of hydrogen-bond acceptors (Lipinski definition) is 0. The van der Waals surface area contributed by atoms with Crippen LogP contribution in [0.25, 0.3) is 11.1 Å². The Balaban J connectivity index is 2.63. The van der Waals surface area contributed by atoms with Crippen molar-refractivity contribution >= 4 is 0 Å². The number of aromatic nitrogens is 2. The average molecular weight is 242 g/mol. The predicted octanol–water partition coefficient (Wildman–Crippen LogP) is 2.24. The normalized spacial score (nSPS) is 10.8. The van der Waals surface area contributed by atoms with Crippen LogP contribution in [0.5, 0.6) is 0 Å². The van der Waals surface area contributed by atoms with Crippen LogP contribution in [0.4, 0.5) is 0 Å². The number of aryl methyl sites for hydroxylation is 4. The summed E-state index contributed by atoms with van der Waals surface area (Å²) in [7, 11) is 4.21. The summed E-state index contributed by atoms with van der Waals surface area (Å²) < 4.78 is 4.43. The van der Waals surface area contributed by atoms with E-state index >= 15 is 0 Å². The SMILES string of the molecule is Cc1cc(-c2cc(C)[n+](C)c(C)c2)cc(C)[n+]1C.